The maximum atomic E-state index is 6.09. The summed E-state index contributed by atoms with van der Waals surface area (Å²) in [6.45, 7) is 0. The van der Waals surface area contributed by atoms with Crippen LogP contribution >= 0.6 is 23.2 Å². The second-order valence-corrected chi connectivity index (χ2v) is 8.10. The third kappa shape index (κ3) is 4.00. The maximum absolute atomic E-state index is 6.09. The van der Waals surface area contributed by atoms with Crippen LogP contribution in [-0.2, 0) is 0 Å². The Morgan fingerprint density at radius 2 is 1.16 bits per heavy atom. The van der Waals surface area contributed by atoms with Gasteiger partial charge in [0.15, 0.2) is 0 Å². The molecule has 0 radical (unpaired) electrons. The molecule has 1 N–H and O–H groups in total. The molecule has 0 aromatic heterocycles. The third-order valence-corrected chi connectivity index (χ3v) is 5.69. The summed E-state index contributed by atoms with van der Waals surface area (Å²) in [5.41, 5.74) is 8.15. The summed E-state index contributed by atoms with van der Waals surface area (Å²) in [4.78, 5) is 5.04. The lowest BCUT2D eigenvalue weighted by Gasteiger charge is -2.12. The van der Waals surface area contributed by atoms with Crippen LogP contribution in [0.5, 0.6) is 0 Å². The van der Waals surface area contributed by atoms with E-state index in [4.69, 9.17) is 28.2 Å². The maximum Gasteiger partial charge on any atom is 0.0815 e. The molecule has 5 rings (SSSR count). The van der Waals surface area contributed by atoms with Gasteiger partial charge in [0, 0.05) is 32.4 Å². The summed E-state index contributed by atoms with van der Waals surface area (Å²) in [7, 11) is 0. The Bertz CT molecular complexity index is 1290. The topological polar surface area (TPSA) is 24.4 Å². The Labute approximate surface area is 191 Å². The highest BCUT2D eigenvalue weighted by Crippen LogP contribution is 2.40. The first-order valence-electron chi connectivity index (χ1n) is 9.96. The molecule has 31 heavy (non-hydrogen) atoms. The fraction of sp³-hybridized carbons (Fsp3) is 0. The summed E-state index contributed by atoms with van der Waals surface area (Å²) in [6.07, 6.45) is 0. The van der Waals surface area contributed by atoms with Crippen molar-refractivity contribution < 1.29 is 0 Å². The van der Waals surface area contributed by atoms with Gasteiger partial charge in [-0.2, -0.15) is 0 Å². The van der Waals surface area contributed by atoms with Crippen LogP contribution in [0.15, 0.2) is 108 Å². The summed E-state index contributed by atoms with van der Waals surface area (Å²) >= 11 is 12.2. The van der Waals surface area contributed by atoms with Crippen LogP contribution in [0.25, 0.3) is 11.3 Å². The molecule has 4 aromatic carbocycles. The van der Waals surface area contributed by atoms with Gasteiger partial charge in [0.1, 0.15) is 0 Å². The summed E-state index contributed by atoms with van der Waals surface area (Å²) in [6, 6.07) is 34.0. The largest absolute Gasteiger partial charge is 0.354 e. The lowest BCUT2D eigenvalue weighted by Crippen LogP contribution is -2.02. The van der Waals surface area contributed by atoms with Gasteiger partial charge in [-0.25, -0.2) is 4.99 Å². The minimum absolute atomic E-state index is 0.694. The number of rotatable bonds is 4. The molecule has 0 unspecified atom stereocenters. The number of aliphatic imine (C=N–C) groups is 1. The van der Waals surface area contributed by atoms with E-state index in [-0.39, 0.29) is 0 Å². The number of nitrogens with zero attached hydrogens (tertiary/aromatic N) is 1. The molecule has 4 aromatic rings. The van der Waals surface area contributed by atoms with E-state index in [0.717, 1.165) is 45.0 Å². The van der Waals surface area contributed by atoms with Crippen LogP contribution in [0.1, 0.15) is 16.7 Å². The third-order valence-electron chi connectivity index (χ3n) is 5.18. The molecular formula is C27H18Cl2N2. The Kier molecular flexibility index (Phi) is 5.33. The van der Waals surface area contributed by atoms with E-state index in [9.17, 15) is 0 Å². The van der Waals surface area contributed by atoms with Crippen LogP contribution in [0.2, 0.25) is 10.0 Å². The van der Waals surface area contributed by atoms with Gasteiger partial charge < -0.3 is 5.32 Å². The average molecular weight is 441 g/mol. The molecule has 0 atom stereocenters. The molecular weight excluding hydrogens is 423 g/mol. The normalized spacial score (nSPS) is 14.1. The lowest BCUT2D eigenvalue weighted by molar-refractivity contribution is 1.50. The number of fused-ring (bicyclic) bond motifs is 1. The zero-order valence-corrected chi connectivity index (χ0v) is 18.0. The minimum atomic E-state index is 0.694. The Hall–Kier alpha value is -3.33. The van der Waals surface area contributed by atoms with Crippen LogP contribution in [0.4, 0.5) is 11.4 Å². The summed E-state index contributed by atoms with van der Waals surface area (Å²) in [5, 5.41) is 5.02. The molecule has 150 valence electrons. The van der Waals surface area contributed by atoms with Crippen molar-refractivity contribution in [3.05, 3.63) is 130 Å². The van der Waals surface area contributed by atoms with Crippen LogP contribution in [0.3, 0.4) is 0 Å². The van der Waals surface area contributed by atoms with Crippen LogP contribution < -0.4 is 5.32 Å². The Morgan fingerprint density at radius 1 is 0.581 bits per heavy atom. The second kappa shape index (κ2) is 8.43. The molecule has 0 aliphatic heterocycles. The molecule has 0 fully saturated rings. The van der Waals surface area contributed by atoms with E-state index < -0.39 is 0 Å². The number of hydrogen-bond acceptors (Lipinski definition) is 2. The van der Waals surface area contributed by atoms with Crippen molar-refractivity contribution in [1.29, 1.82) is 0 Å². The van der Waals surface area contributed by atoms with Crippen molar-refractivity contribution in [2.45, 2.75) is 0 Å². The Balaban J connectivity index is 1.73. The molecule has 0 bridgehead atoms. The fourth-order valence-electron chi connectivity index (χ4n) is 3.75. The minimum Gasteiger partial charge on any atom is -0.354 e. The average Bonchev–Trinajstić information content (AvgIpc) is 3.10. The van der Waals surface area contributed by atoms with Gasteiger partial charge in [0.05, 0.1) is 17.1 Å². The first-order valence-corrected chi connectivity index (χ1v) is 10.7. The molecule has 0 amide bonds. The highest BCUT2D eigenvalue weighted by atomic mass is 35.5. The quantitative estimate of drug-likeness (QED) is 0.340. The molecule has 0 spiro atoms. The van der Waals surface area contributed by atoms with Crippen molar-refractivity contribution in [3.63, 3.8) is 0 Å². The fourth-order valence-corrected chi connectivity index (χ4v) is 4.00. The van der Waals surface area contributed by atoms with E-state index in [1.54, 1.807) is 0 Å². The predicted octanol–water partition coefficient (Wildman–Crippen LogP) is 8.11. The smallest absolute Gasteiger partial charge is 0.0815 e. The number of allylic oxidation sites excluding steroid dienone is 1. The number of benzene rings is 4. The molecule has 2 nitrogen and oxygen atoms in total. The molecule has 0 saturated carbocycles. The van der Waals surface area contributed by atoms with Gasteiger partial charge in [-0.1, -0.05) is 77.8 Å². The van der Waals surface area contributed by atoms with Crippen LogP contribution in [0, 0.1) is 0 Å². The lowest BCUT2D eigenvalue weighted by atomic mass is 10.0. The van der Waals surface area contributed by atoms with Crippen molar-refractivity contribution >= 4 is 51.6 Å². The second-order valence-electron chi connectivity index (χ2n) is 7.23. The van der Waals surface area contributed by atoms with Gasteiger partial charge in [0.25, 0.3) is 0 Å². The summed E-state index contributed by atoms with van der Waals surface area (Å²) < 4.78 is 0. The standard InChI is InChI=1S/C27H18Cl2N2/c28-19-10-14-21(15-11-19)30-26-23-8-4-5-9-24(23)27(25(26)18-6-2-1-3-7-18)31-22-16-12-20(29)13-17-22/h1-17,30H. The van der Waals surface area contributed by atoms with E-state index in [0.29, 0.717) is 10.0 Å². The Morgan fingerprint density at radius 3 is 1.84 bits per heavy atom. The SMILES string of the molecule is Clc1ccc(N=C2C(c3ccccc3)=C(Nc3ccc(Cl)cc3)c3ccccc32)cc1. The van der Waals surface area contributed by atoms with Gasteiger partial charge in [-0.15, -0.1) is 0 Å². The summed E-state index contributed by atoms with van der Waals surface area (Å²) in [5.74, 6) is 0. The van der Waals surface area contributed by atoms with Crippen molar-refractivity contribution in [1.82, 2.24) is 0 Å². The molecule has 0 saturated heterocycles. The predicted molar refractivity (Wildman–Crippen MR) is 132 cm³/mol. The van der Waals surface area contributed by atoms with E-state index >= 15 is 0 Å². The number of nitrogens with one attached hydrogen (secondary N) is 1. The molecule has 1 aliphatic carbocycles. The molecule has 0 heterocycles. The van der Waals surface area contributed by atoms with Gasteiger partial charge in [-0.05, 0) is 54.1 Å². The van der Waals surface area contributed by atoms with E-state index in [1.807, 2.05) is 72.8 Å². The molecule has 1 aliphatic rings. The van der Waals surface area contributed by atoms with Gasteiger partial charge in [-0.3, -0.25) is 0 Å². The van der Waals surface area contributed by atoms with Crippen molar-refractivity contribution in [2.75, 3.05) is 5.32 Å². The highest BCUT2D eigenvalue weighted by molar-refractivity contribution is 6.43. The number of halogens is 2. The van der Waals surface area contributed by atoms with E-state index in [1.165, 1.54) is 0 Å². The van der Waals surface area contributed by atoms with Crippen molar-refractivity contribution in [3.8, 4) is 0 Å². The highest BCUT2D eigenvalue weighted by Gasteiger charge is 2.29. The number of hydrogen-bond donors (Lipinski definition) is 1. The first-order chi connectivity index (χ1) is 15.2. The van der Waals surface area contributed by atoms with Crippen molar-refractivity contribution in [2.24, 2.45) is 4.99 Å². The van der Waals surface area contributed by atoms with Gasteiger partial charge in [0.2, 0.25) is 0 Å². The zero-order chi connectivity index (χ0) is 21.2. The monoisotopic (exact) mass is 440 g/mol. The van der Waals surface area contributed by atoms with E-state index in [2.05, 4.69) is 35.6 Å². The van der Waals surface area contributed by atoms with Crippen LogP contribution in [-0.4, -0.2) is 5.71 Å². The molecule has 4 heteroatoms. The first kappa shape index (κ1) is 19.6. The number of anilines is 1. The van der Waals surface area contributed by atoms with Gasteiger partial charge >= 0.3 is 0 Å². The zero-order valence-electron chi connectivity index (χ0n) is 16.5.